The van der Waals surface area contributed by atoms with E-state index in [9.17, 15) is 4.79 Å². The first-order chi connectivity index (χ1) is 11.2. The quantitative estimate of drug-likeness (QED) is 0.526. The van der Waals surface area contributed by atoms with Gasteiger partial charge in [-0.3, -0.25) is 4.57 Å². The van der Waals surface area contributed by atoms with Gasteiger partial charge in [-0.05, 0) is 36.8 Å². The third kappa shape index (κ3) is 3.48. The standard InChI is InChI=1S/C17H16N2O3S/c1-12-4-3-5-13(10-12)19-9-8-18-17(19)23-11-14-6-7-15(22-14)16(20)21-2/h3-10H,11H2,1-2H3. The molecule has 23 heavy (non-hydrogen) atoms. The van der Waals surface area contributed by atoms with Crippen LogP contribution < -0.4 is 0 Å². The smallest absolute Gasteiger partial charge is 0.373 e. The second kappa shape index (κ2) is 6.75. The highest BCUT2D eigenvalue weighted by atomic mass is 32.2. The lowest BCUT2D eigenvalue weighted by atomic mass is 10.2. The lowest BCUT2D eigenvalue weighted by Gasteiger charge is -2.07. The molecule has 0 spiro atoms. The van der Waals surface area contributed by atoms with Crippen molar-refractivity contribution in [2.75, 3.05) is 7.11 Å². The maximum atomic E-state index is 11.4. The van der Waals surface area contributed by atoms with E-state index >= 15 is 0 Å². The number of aromatic nitrogens is 2. The van der Waals surface area contributed by atoms with Crippen molar-refractivity contribution in [2.24, 2.45) is 0 Å². The minimum atomic E-state index is -0.470. The van der Waals surface area contributed by atoms with Gasteiger partial charge in [0.25, 0.3) is 0 Å². The lowest BCUT2D eigenvalue weighted by Crippen LogP contribution is -1.98. The molecule has 0 amide bonds. The van der Waals surface area contributed by atoms with E-state index in [4.69, 9.17) is 4.42 Å². The van der Waals surface area contributed by atoms with Gasteiger partial charge in [0.1, 0.15) is 5.76 Å². The number of carbonyl (C=O) groups is 1. The predicted molar refractivity (Wildman–Crippen MR) is 87.9 cm³/mol. The number of imidazole rings is 1. The van der Waals surface area contributed by atoms with E-state index in [1.807, 2.05) is 22.9 Å². The Balaban J connectivity index is 1.73. The van der Waals surface area contributed by atoms with Crippen molar-refractivity contribution in [1.29, 1.82) is 0 Å². The lowest BCUT2D eigenvalue weighted by molar-refractivity contribution is 0.0563. The zero-order valence-electron chi connectivity index (χ0n) is 12.9. The van der Waals surface area contributed by atoms with Crippen molar-refractivity contribution in [2.45, 2.75) is 17.8 Å². The van der Waals surface area contributed by atoms with Crippen molar-refractivity contribution in [1.82, 2.24) is 9.55 Å². The fourth-order valence-corrected chi connectivity index (χ4v) is 3.04. The third-order valence-corrected chi connectivity index (χ3v) is 4.27. The topological polar surface area (TPSA) is 57.3 Å². The molecule has 6 heteroatoms. The van der Waals surface area contributed by atoms with Crippen LogP contribution in [0.15, 0.2) is 58.4 Å². The Bertz CT molecular complexity index is 823. The Morgan fingerprint density at radius 1 is 1.35 bits per heavy atom. The summed E-state index contributed by atoms with van der Waals surface area (Å²) < 4.78 is 12.1. The largest absolute Gasteiger partial charge is 0.463 e. The number of rotatable bonds is 5. The molecule has 118 valence electrons. The molecule has 0 aliphatic carbocycles. The first-order valence-corrected chi connectivity index (χ1v) is 8.06. The summed E-state index contributed by atoms with van der Waals surface area (Å²) in [5.41, 5.74) is 2.26. The fourth-order valence-electron chi connectivity index (χ4n) is 2.17. The van der Waals surface area contributed by atoms with Crippen LogP contribution in [0.2, 0.25) is 0 Å². The van der Waals surface area contributed by atoms with Crippen molar-refractivity contribution in [3.05, 3.63) is 65.9 Å². The number of hydrogen-bond acceptors (Lipinski definition) is 5. The second-order valence-corrected chi connectivity index (χ2v) is 5.91. The molecule has 0 aliphatic heterocycles. The molecular weight excluding hydrogens is 312 g/mol. The molecule has 0 saturated carbocycles. The molecule has 0 aliphatic rings. The van der Waals surface area contributed by atoms with Crippen LogP contribution in [-0.2, 0) is 10.5 Å². The van der Waals surface area contributed by atoms with Crippen molar-refractivity contribution in [3.8, 4) is 5.69 Å². The minimum absolute atomic E-state index is 0.213. The summed E-state index contributed by atoms with van der Waals surface area (Å²) in [5.74, 6) is 1.03. The number of ether oxygens (including phenoxy) is 1. The highest BCUT2D eigenvalue weighted by Crippen LogP contribution is 2.25. The van der Waals surface area contributed by atoms with Gasteiger partial charge < -0.3 is 9.15 Å². The monoisotopic (exact) mass is 328 g/mol. The van der Waals surface area contributed by atoms with Gasteiger partial charge >= 0.3 is 5.97 Å². The minimum Gasteiger partial charge on any atom is -0.463 e. The summed E-state index contributed by atoms with van der Waals surface area (Å²) in [6, 6.07) is 11.6. The maximum Gasteiger partial charge on any atom is 0.373 e. The molecule has 0 saturated heterocycles. The normalized spacial score (nSPS) is 10.7. The number of esters is 1. The van der Waals surface area contributed by atoms with E-state index in [2.05, 4.69) is 28.8 Å². The van der Waals surface area contributed by atoms with Crippen LogP contribution in [0.4, 0.5) is 0 Å². The molecule has 2 aromatic heterocycles. The Hall–Kier alpha value is -2.47. The average molecular weight is 328 g/mol. The maximum absolute atomic E-state index is 11.4. The summed E-state index contributed by atoms with van der Waals surface area (Å²) in [6.45, 7) is 2.06. The molecule has 0 atom stereocenters. The van der Waals surface area contributed by atoms with Crippen LogP contribution >= 0.6 is 11.8 Å². The molecular formula is C17H16N2O3S. The third-order valence-electron chi connectivity index (χ3n) is 3.28. The van der Waals surface area contributed by atoms with Gasteiger partial charge in [-0.2, -0.15) is 0 Å². The molecule has 0 unspecified atom stereocenters. The second-order valence-electron chi connectivity index (χ2n) is 4.97. The van der Waals surface area contributed by atoms with Crippen molar-refractivity contribution in [3.63, 3.8) is 0 Å². The fraction of sp³-hybridized carbons (Fsp3) is 0.176. The van der Waals surface area contributed by atoms with Gasteiger partial charge in [0.05, 0.1) is 12.9 Å². The predicted octanol–water partition coefficient (Wildman–Crippen LogP) is 3.85. The number of hydrogen-bond donors (Lipinski definition) is 0. The summed E-state index contributed by atoms with van der Waals surface area (Å²) in [4.78, 5) is 15.8. The molecule has 0 fully saturated rings. The highest BCUT2D eigenvalue weighted by molar-refractivity contribution is 7.98. The van der Waals surface area contributed by atoms with Gasteiger partial charge in [-0.1, -0.05) is 23.9 Å². The van der Waals surface area contributed by atoms with Crippen LogP contribution in [-0.4, -0.2) is 22.6 Å². The Morgan fingerprint density at radius 2 is 2.22 bits per heavy atom. The van der Waals surface area contributed by atoms with E-state index in [-0.39, 0.29) is 5.76 Å². The Kier molecular flexibility index (Phi) is 4.52. The molecule has 1 aromatic carbocycles. The molecule has 0 radical (unpaired) electrons. The van der Waals surface area contributed by atoms with Crippen LogP contribution in [0.3, 0.4) is 0 Å². The summed E-state index contributed by atoms with van der Waals surface area (Å²) >= 11 is 1.55. The van der Waals surface area contributed by atoms with Gasteiger partial charge in [-0.15, -0.1) is 0 Å². The molecule has 0 bridgehead atoms. The van der Waals surface area contributed by atoms with Gasteiger partial charge in [0, 0.05) is 18.1 Å². The zero-order valence-corrected chi connectivity index (χ0v) is 13.7. The Morgan fingerprint density at radius 3 is 3.00 bits per heavy atom. The summed E-state index contributed by atoms with van der Waals surface area (Å²) in [5, 5.41) is 0.867. The van der Waals surface area contributed by atoms with Crippen LogP contribution in [0.5, 0.6) is 0 Å². The van der Waals surface area contributed by atoms with Gasteiger partial charge in [0.15, 0.2) is 5.16 Å². The SMILES string of the molecule is COC(=O)c1ccc(CSc2nccn2-c2cccc(C)c2)o1. The zero-order chi connectivity index (χ0) is 16.2. The highest BCUT2D eigenvalue weighted by Gasteiger charge is 2.12. The molecule has 3 rings (SSSR count). The number of carbonyl (C=O) groups excluding carboxylic acids is 1. The molecule has 5 nitrogen and oxygen atoms in total. The molecule has 2 heterocycles. The van der Waals surface area contributed by atoms with Gasteiger partial charge in [-0.25, -0.2) is 9.78 Å². The van der Waals surface area contributed by atoms with E-state index < -0.39 is 5.97 Å². The average Bonchev–Trinajstić information content (AvgIpc) is 3.21. The number of thioether (sulfide) groups is 1. The van der Waals surface area contributed by atoms with E-state index in [0.29, 0.717) is 11.5 Å². The van der Waals surface area contributed by atoms with E-state index in [1.54, 1.807) is 30.1 Å². The number of nitrogens with zero attached hydrogens (tertiary/aromatic N) is 2. The molecule has 3 aromatic rings. The van der Waals surface area contributed by atoms with Gasteiger partial charge in [0.2, 0.25) is 5.76 Å². The first-order valence-electron chi connectivity index (χ1n) is 7.07. The van der Waals surface area contributed by atoms with Crippen molar-refractivity contribution >= 4 is 17.7 Å². The number of aryl methyl sites for hydroxylation is 1. The van der Waals surface area contributed by atoms with Crippen LogP contribution in [0.25, 0.3) is 5.69 Å². The van der Waals surface area contributed by atoms with E-state index in [0.717, 1.165) is 10.8 Å². The first kappa shape index (κ1) is 15.4. The number of benzene rings is 1. The summed E-state index contributed by atoms with van der Waals surface area (Å²) in [6.07, 6.45) is 3.70. The number of furan rings is 1. The van der Waals surface area contributed by atoms with E-state index in [1.165, 1.54) is 12.7 Å². The van der Waals surface area contributed by atoms with Crippen LogP contribution in [0.1, 0.15) is 21.9 Å². The molecule has 0 N–H and O–H groups in total. The van der Waals surface area contributed by atoms with Crippen molar-refractivity contribution < 1.29 is 13.9 Å². The Labute approximate surface area is 138 Å². The van der Waals surface area contributed by atoms with Crippen LogP contribution in [0, 0.1) is 6.92 Å². The summed E-state index contributed by atoms with van der Waals surface area (Å²) in [7, 11) is 1.33. The number of methoxy groups -OCH3 is 1.